The summed E-state index contributed by atoms with van der Waals surface area (Å²) in [5.41, 5.74) is -0.726. The maximum absolute atomic E-state index is 11.3. The first-order valence-electron chi connectivity index (χ1n) is 4.53. The van der Waals surface area contributed by atoms with Crippen LogP contribution >= 0.6 is 0 Å². The number of hydrogen-bond acceptors (Lipinski definition) is 3. The molecule has 1 N–H and O–H groups in total. The van der Waals surface area contributed by atoms with E-state index in [-0.39, 0.29) is 29.8 Å². The number of rotatable bonds is 1. The Hall–Kier alpha value is -1.06. The molecule has 0 spiro atoms. The van der Waals surface area contributed by atoms with E-state index in [1.807, 2.05) is 13.8 Å². The van der Waals surface area contributed by atoms with Crippen LogP contribution in [0.4, 0.5) is 0 Å². The Labute approximate surface area is 76.6 Å². The molecule has 2 fully saturated rings. The summed E-state index contributed by atoms with van der Waals surface area (Å²) in [6.07, 6.45) is -0.257. The van der Waals surface area contributed by atoms with Gasteiger partial charge in [-0.1, -0.05) is 13.8 Å². The molecule has 2 heterocycles. The summed E-state index contributed by atoms with van der Waals surface area (Å²) < 4.78 is 4.99. The van der Waals surface area contributed by atoms with Gasteiger partial charge >= 0.3 is 5.97 Å². The molecule has 2 aliphatic heterocycles. The third-order valence-corrected chi connectivity index (χ3v) is 3.13. The van der Waals surface area contributed by atoms with Crippen molar-refractivity contribution in [2.24, 2.45) is 11.8 Å². The van der Waals surface area contributed by atoms with Crippen LogP contribution in [0.2, 0.25) is 0 Å². The SMILES string of the molecule is CC(C)[C@]12NC(=O)[C@@H](C)[C@H]1OC2=O. The minimum atomic E-state index is -0.726. The van der Waals surface area contributed by atoms with E-state index >= 15 is 0 Å². The fourth-order valence-electron chi connectivity index (χ4n) is 2.15. The molecule has 0 radical (unpaired) electrons. The van der Waals surface area contributed by atoms with Crippen molar-refractivity contribution in [2.75, 3.05) is 0 Å². The molecule has 2 rings (SSSR count). The Morgan fingerprint density at radius 1 is 1.46 bits per heavy atom. The normalized spacial score (nSPS) is 42.5. The topological polar surface area (TPSA) is 55.4 Å². The number of hydrogen-bond donors (Lipinski definition) is 1. The molecule has 72 valence electrons. The molecule has 0 unspecified atom stereocenters. The maximum atomic E-state index is 11.3. The zero-order valence-corrected chi connectivity index (χ0v) is 7.96. The minimum absolute atomic E-state index is 0.0791. The second-order valence-corrected chi connectivity index (χ2v) is 4.13. The van der Waals surface area contributed by atoms with Gasteiger partial charge in [0.1, 0.15) is 6.10 Å². The van der Waals surface area contributed by atoms with Gasteiger partial charge in [-0.25, -0.2) is 4.79 Å². The molecule has 0 aliphatic carbocycles. The molecular formula is C9H13NO3. The van der Waals surface area contributed by atoms with Crippen molar-refractivity contribution in [1.82, 2.24) is 5.32 Å². The van der Waals surface area contributed by atoms with Gasteiger partial charge in [-0.3, -0.25) is 4.79 Å². The van der Waals surface area contributed by atoms with E-state index in [1.165, 1.54) is 0 Å². The van der Waals surface area contributed by atoms with Crippen LogP contribution in [-0.4, -0.2) is 23.5 Å². The molecule has 0 aromatic rings. The van der Waals surface area contributed by atoms with Gasteiger partial charge in [-0.05, 0) is 12.8 Å². The fraction of sp³-hybridized carbons (Fsp3) is 0.778. The van der Waals surface area contributed by atoms with Crippen LogP contribution in [0.1, 0.15) is 20.8 Å². The van der Waals surface area contributed by atoms with Crippen LogP contribution in [0.15, 0.2) is 0 Å². The molecule has 4 nitrogen and oxygen atoms in total. The Bertz CT molecular complexity index is 287. The van der Waals surface area contributed by atoms with Crippen LogP contribution < -0.4 is 5.32 Å². The van der Waals surface area contributed by atoms with Crippen LogP contribution in [-0.2, 0) is 14.3 Å². The zero-order chi connectivity index (χ0) is 9.80. The molecule has 0 aromatic heterocycles. The molecule has 3 atom stereocenters. The molecule has 13 heavy (non-hydrogen) atoms. The lowest BCUT2D eigenvalue weighted by Crippen LogP contribution is -2.69. The van der Waals surface area contributed by atoms with Crippen molar-refractivity contribution < 1.29 is 14.3 Å². The number of esters is 1. The molecule has 2 saturated heterocycles. The van der Waals surface area contributed by atoms with Gasteiger partial charge in [-0.15, -0.1) is 0 Å². The Morgan fingerprint density at radius 2 is 2.08 bits per heavy atom. The molecule has 0 aromatic carbocycles. The van der Waals surface area contributed by atoms with Crippen molar-refractivity contribution in [2.45, 2.75) is 32.4 Å². The fourth-order valence-corrected chi connectivity index (χ4v) is 2.15. The van der Waals surface area contributed by atoms with E-state index in [1.54, 1.807) is 6.92 Å². The molecular weight excluding hydrogens is 170 g/mol. The lowest BCUT2D eigenvalue weighted by molar-refractivity contribution is -0.196. The first-order chi connectivity index (χ1) is 6.00. The van der Waals surface area contributed by atoms with Crippen LogP contribution in [0.3, 0.4) is 0 Å². The highest BCUT2D eigenvalue weighted by atomic mass is 16.6. The molecule has 1 amide bonds. The summed E-state index contributed by atoms with van der Waals surface area (Å²) >= 11 is 0. The van der Waals surface area contributed by atoms with E-state index in [0.29, 0.717) is 0 Å². The average molecular weight is 183 g/mol. The van der Waals surface area contributed by atoms with Crippen molar-refractivity contribution in [1.29, 1.82) is 0 Å². The molecule has 4 heteroatoms. The lowest BCUT2D eigenvalue weighted by atomic mass is 9.76. The van der Waals surface area contributed by atoms with Crippen LogP contribution in [0, 0.1) is 11.8 Å². The predicted octanol–water partition coefficient (Wildman–Crippen LogP) is 0.0725. The summed E-state index contributed by atoms with van der Waals surface area (Å²) in [6, 6.07) is 0. The minimum Gasteiger partial charge on any atom is -0.457 e. The second kappa shape index (κ2) is 2.25. The van der Waals surface area contributed by atoms with Gasteiger partial charge in [0.2, 0.25) is 5.91 Å². The number of amides is 1. The second-order valence-electron chi connectivity index (χ2n) is 4.13. The smallest absolute Gasteiger partial charge is 0.336 e. The number of ether oxygens (including phenoxy) is 1. The van der Waals surface area contributed by atoms with E-state index in [9.17, 15) is 9.59 Å². The summed E-state index contributed by atoms with van der Waals surface area (Å²) in [7, 11) is 0. The number of nitrogens with one attached hydrogen (secondary N) is 1. The predicted molar refractivity (Wildman–Crippen MR) is 44.8 cm³/mol. The first-order valence-corrected chi connectivity index (χ1v) is 4.53. The van der Waals surface area contributed by atoms with Gasteiger partial charge in [0.05, 0.1) is 5.92 Å². The first kappa shape index (κ1) is 8.53. The van der Waals surface area contributed by atoms with Crippen LogP contribution in [0.5, 0.6) is 0 Å². The van der Waals surface area contributed by atoms with Gasteiger partial charge in [0, 0.05) is 0 Å². The highest BCUT2D eigenvalue weighted by Crippen LogP contribution is 2.42. The molecule has 0 saturated carbocycles. The number of carbonyl (C=O) groups is 2. The van der Waals surface area contributed by atoms with E-state index in [4.69, 9.17) is 4.74 Å². The summed E-state index contributed by atoms with van der Waals surface area (Å²) in [5.74, 6) is -0.484. The van der Waals surface area contributed by atoms with Crippen molar-refractivity contribution in [3.05, 3.63) is 0 Å². The summed E-state index contributed by atoms with van der Waals surface area (Å²) in [4.78, 5) is 22.7. The highest BCUT2D eigenvalue weighted by Gasteiger charge is 2.68. The molecule has 0 bridgehead atoms. The van der Waals surface area contributed by atoms with Gasteiger partial charge in [0.25, 0.3) is 0 Å². The monoisotopic (exact) mass is 183 g/mol. The van der Waals surface area contributed by atoms with Gasteiger partial charge in [-0.2, -0.15) is 0 Å². The zero-order valence-electron chi connectivity index (χ0n) is 7.96. The van der Waals surface area contributed by atoms with Crippen molar-refractivity contribution in [3.8, 4) is 0 Å². The third kappa shape index (κ3) is 0.759. The average Bonchev–Trinajstić information content (AvgIpc) is 2.25. The Kier molecular flexibility index (Phi) is 1.47. The quantitative estimate of drug-likeness (QED) is 0.585. The van der Waals surface area contributed by atoms with E-state index in [2.05, 4.69) is 5.32 Å². The van der Waals surface area contributed by atoms with E-state index < -0.39 is 5.54 Å². The maximum Gasteiger partial charge on any atom is 0.336 e. The van der Waals surface area contributed by atoms with Gasteiger partial charge < -0.3 is 10.1 Å². The Morgan fingerprint density at radius 3 is 2.38 bits per heavy atom. The lowest BCUT2D eigenvalue weighted by Gasteiger charge is -2.45. The molecule has 2 aliphatic rings. The van der Waals surface area contributed by atoms with Crippen molar-refractivity contribution in [3.63, 3.8) is 0 Å². The standard InChI is InChI=1S/C9H13NO3/c1-4(2)9-6(13-8(9)12)5(3)7(11)10-9/h4-6H,1-3H3,(H,10,11)/t5-,6+,9-/m0/s1. The van der Waals surface area contributed by atoms with Crippen molar-refractivity contribution >= 4 is 11.9 Å². The van der Waals surface area contributed by atoms with Gasteiger partial charge in [0.15, 0.2) is 5.54 Å². The summed E-state index contributed by atoms with van der Waals surface area (Å²) in [5, 5.41) is 2.75. The largest absolute Gasteiger partial charge is 0.457 e. The third-order valence-electron chi connectivity index (χ3n) is 3.13. The highest BCUT2D eigenvalue weighted by molar-refractivity contribution is 5.99. The van der Waals surface area contributed by atoms with Crippen LogP contribution in [0.25, 0.3) is 0 Å². The number of fused-ring (bicyclic) bond motifs is 1. The van der Waals surface area contributed by atoms with E-state index in [0.717, 1.165) is 0 Å². The Balaban J connectivity index is 2.36. The number of carbonyl (C=O) groups excluding carboxylic acids is 2. The summed E-state index contributed by atoms with van der Waals surface area (Å²) in [6.45, 7) is 5.63.